The van der Waals surface area contributed by atoms with Crippen LogP contribution >= 0.6 is 0 Å². The maximum Gasteiger partial charge on any atom is 0.323 e. The lowest BCUT2D eigenvalue weighted by Crippen LogP contribution is -2.20. The summed E-state index contributed by atoms with van der Waals surface area (Å²) in [5, 5.41) is 5.65. The first-order valence-electron chi connectivity index (χ1n) is 12.5. The number of anilines is 2. The number of likely N-dealkylation sites (tertiary alicyclic amines) is 1. The molecular weight excluding hydrogens is 428 g/mol. The molecule has 3 amide bonds. The molecule has 7 nitrogen and oxygen atoms in total. The van der Waals surface area contributed by atoms with Gasteiger partial charge in [0.15, 0.2) is 0 Å². The Labute approximate surface area is 204 Å². The molecule has 1 saturated heterocycles. The number of carbonyl (C=O) groups is 2. The minimum atomic E-state index is -0.309. The van der Waals surface area contributed by atoms with Crippen molar-refractivity contribution in [2.45, 2.75) is 71.6 Å². The van der Waals surface area contributed by atoms with Crippen molar-refractivity contribution >= 4 is 23.8 Å². The van der Waals surface area contributed by atoms with Gasteiger partial charge in [-0.15, -0.1) is 0 Å². The van der Waals surface area contributed by atoms with Crippen molar-refractivity contribution in [2.24, 2.45) is 0 Å². The largest absolute Gasteiger partial charge is 0.495 e. The van der Waals surface area contributed by atoms with E-state index in [1.165, 1.54) is 44.9 Å². The summed E-state index contributed by atoms with van der Waals surface area (Å²) < 4.78 is 5.28. The Morgan fingerprint density at radius 2 is 1.74 bits per heavy atom. The van der Waals surface area contributed by atoms with Crippen LogP contribution in [0.1, 0.15) is 76.0 Å². The highest BCUT2D eigenvalue weighted by Gasteiger charge is 2.16. The molecule has 2 aliphatic rings. The highest BCUT2D eigenvalue weighted by Crippen LogP contribution is 2.31. The molecule has 2 N–H and O–H groups in total. The van der Waals surface area contributed by atoms with Crippen LogP contribution in [0.25, 0.3) is 0 Å². The molecule has 2 heterocycles. The van der Waals surface area contributed by atoms with Crippen LogP contribution in [0.3, 0.4) is 0 Å². The number of aromatic nitrogens is 1. The van der Waals surface area contributed by atoms with Crippen LogP contribution in [0.5, 0.6) is 5.75 Å². The number of pyridine rings is 1. The Kier molecular flexibility index (Phi) is 11.9. The van der Waals surface area contributed by atoms with Gasteiger partial charge in [0.25, 0.3) is 0 Å². The topological polar surface area (TPSA) is 83.6 Å². The number of amides is 3. The Hall–Kier alpha value is -3.09. The van der Waals surface area contributed by atoms with E-state index in [4.69, 9.17) is 4.74 Å². The molecule has 7 heteroatoms. The molecule has 34 heavy (non-hydrogen) atoms. The molecule has 1 saturated carbocycles. The van der Waals surface area contributed by atoms with E-state index in [9.17, 15) is 9.59 Å². The first-order chi connectivity index (χ1) is 16.6. The molecule has 1 aliphatic carbocycles. The number of hydrogen-bond donors (Lipinski definition) is 2. The minimum Gasteiger partial charge on any atom is -0.495 e. The van der Waals surface area contributed by atoms with Crippen LogP contribution < -0.4 is 15.4 Å². The maximum absolute atomic E-state index is 12.2. The number of carbonyl (C=O) groups excluding carboxylic acids is 2. The van der Waals surface area contributed by atoms with E-state index in [0.717, 1.165) is 30.8 Å². The van der Waals surface area contributed by atoms with Gasteiger partial charge in [-0.25, -0.2) is 4.79 Å². The lowest BCUT2D eigenvalue weighted by molar-refractivity contribution is -0.117. The second kappa shape index (κ2) is 14.9. The molecule has 0 radical (unpaired) electrons. The summed E-state index contributed by atoms with van der Waals surface area (Å²) in [4.78, 5) is 28.5. The van der Waals surface area contributed by atoms with Crippen molar-refractivity contribution in [3.63, 3.8) is 0 Å². The first-order valence-corrected chi connectivity index (χ1v) is 12.5. The van der Waals surface area contributed by atoms with Gasteiger partial charge in [0.1, 0.15) is 5.75 Å². The number of rotatable bonds is 5. The molecule has 2 aromatic rings. The number of hydrogen-bond acceptors (Lipinski definition) is 4. The van der Waals surface area contributed by atoms with E-state index in [-0.39, 0.29) is 6.03 Å². The van der Waals surface area contributed by atoms with Crippen LogP contribution in [0.15, 0.2) is 36.5 Å². The molecule has 4 rings (SSSR count). The second-order valence-corrected chi connectivity index (χ2v) is 8.44. The van der Waals surface area contributed by atoms with Gasteiger partial charge >= 0.3 is 6.03 Å². The summed E-state index contributed by atoms with van der Waals surface area (Å²) in [5.41, 5.74) is 3.51. The summed E-state index contributed by atoms with van der Waals surface area (Å²) in [6, 6.07) is 9.29. The third-order valence-electron chi connectivity index (χ3n) is 5.96. The standard InChI is InChI=1S/C20H25N3O2.C5H9NO.C2H6/c1-14-8-11-19(25-2)18(12-14)23-20(24)22-16-9-10-17(21-13-16)15-6-4-3-5-7-15;7-5-6-3-1-2-4-6;1-2/h8-13,15H,3-7H2,1-2H3,(H2,22,23,24);5H,1-4H2;1-2H3. The summed E-state index contributed by atoms with van der Waals surface area (Å²) in [6.45, 7) is 7.92. The number of urea groups is 1. The summed E-state index contributed by atoms with van der Waals surface area (Å²) in [7, 11) is 1.58. The van der Waals surface area contributed by atoms with Crippen molar-refractivity contribution in [3.8, 4) is 5.75 Å². The zero-order valence-electron chi connectivity index (χ0n) is 21.1. The Balaban J connectivity index is 0.000000384. The molecule has 0 spiro atoms. The SMILES string of the molecule is CC.COc1ccc(C)cc1NC(=O)Nc1ccc(C2CCCCC2)nc1.O=CN1CCCC1. The molecule has 186 valence electrons. The van der Waals surface area contributed by atoms with Gasteiger partial charge in [0.2, 0.25) is 6.41 Å². The van der Waals surface area contributed by atoms with Crippen LogP contribution in [-0.4, -0.2) is 42.5 Å². The molecule has 0 bridgehead atoms. The monoisotopic (exact) mass is 468 g/mol. The Bertz CT molecular complexity index is 874. The lowest BCUT2D eigenvalue weighted by Gasteiger charge is -2.21. The van der Waals surface area contributed by atoms with Crippen LogP contribution in [-0.2, 0) is 4.79 Å². The average Bonchev–Trinajstić information content (AvgIpc) is 3.41. The summed E-state index contributed by atoms with van der Waals surface area (Å²) in [5.74, 6) is 1.19. The van der Waals surface area contributed by atoms with Crippen molar-refractivity contribution < 1.29 is 14.3 Å². The normalized spacial score (nSPS) is 15.2. The zero-order chi connectivity index (χ0) is 24.8. The predicted molar refractivity (Wildman–Crippen MR) is 139 cm³/mol. The highest BCUT2D eigenvalue weighted by molar-refractivity contribution is 6.00. The molecule has 2 fully saturated rings. The number of methoxy groups -OCH3 is 1. The van der Waals surface area contributed by atoms with Gasteiger partial charge in [-0.2, -0.15) is 0 Å². The molecule has 1 aliphatic heterocycles. The Morgan fingerprint density at radius 3 is 2.29 bits per heavy atom. The highest BCUT2D eigenvalue weighted by atomic mass is 16.5. The fourth-order valence-corrected chi connectivity index (χ4v) is 4.17. The van der Waals surface area contributed by atoms with E-state index >= 15 is 0 Å². The first kappa shape index (κ1) is 27.2. The fourth-order valence-electron chi connectivity index (χ4n) is 4.17. The van der Waals surface area contributed by atoms with Gasteiger partial charge in [-0.05, 0) is 62.4 Å². The number of ether oxygens (including phenoxy) is 1. The maximum atomic E-state index is 12.2. The van der Waals surface area contributed by atoms with Gasteiger partial charge < -0.3 is 20.3 Å². The fraction of sp³-hybridized carbons (Fsp3) is 0.519. The number of nitrogens with zero attached hydrogens (tertiary/aromatic N) is 2. The van der Waals surface area contributed by atoms with E-state index in [1.807, 2.05) is 51.1 Å². The van der Waals surface area contributed by atoms with Crippen molar-refractivity contribution in [1.82, 2.24) is 9.88 Å². The smallest absolute Gasteiger partial charge is 0.323 e. The number of aryl methyl sites for hydroxylation is 1. The average molecular weight is 469 g/mol. The van der Waals surface area contributed by atoms with E-state index < -0.39 is 0 Å². The predicted octanol–water partition coefficient (Wildman–Crippen LogP) is 6.36. The van der Waals surface area contributed by atoms with Crippen molar-refractivity contribution in [1.29, 1.82) is 0 Å². The molecule has 1 aromatic heterocycles. The molecule has 1 aromatic carbocycles. The Morgan fingerprint density at radius 1 is 1.03 bits per heavy atom. The zero-order valence-corrected chi connectivity index (χ0v) is 21.1. The molecular formula is C27H40N4O3. The quantitative estimate of drug-likeness (QED) is 0.501. The van der Waals surface area contributed by atoms with E-state index in [2.05, 4.69) is 15.6 Å². The third-order valence-corrected chi connectivity index (χ3v) is 5.96. The van der Waals surface area contributed by atoms with Gasteiger partial charge in [-0.3, -0.25) is 9.78 Å². The van der Waals surface area contributed by atoms with E-state index in [1.54, 1.807) is 18.2 Å². The molecule has 0 unspecified atom stereocenters. The van der Waals surface area contributed by atoms with Crippen molar-refractivity contribution in [3.05, 3.63) is 47.8 Å². The van der Waals surface area contributed by atoms with Gasteiger partial charge in [0, 0.05) is 24.7 Å². The number of benzene rings is 1. The lowest BCUT2D eigenvalue weighted by atomic mass is 9.87. The second-order valence-electron chi connectivity index (χ2n) is 8.44. The van der Waals surface area contributed by atoms with Crippen molar-refractivity contribution in [2.75, 3.05) is 30.8 Å². The van der Waals surface area contributed by atoms with E-state index in [0.29, 0.717) is 23.0 Å². The van der Waals surface area contributed by atoms with Crippen LogP contribution in [0, 0.1) is 6.92 Å². The number of nitrogens with one attached hydrogen (secondary N) is 2. The molecule has 0 atom stereocenters. The van der Waals surface area contributed by atoms with Crippen LogP contribution in [0.2, 0.25) is 0 Å². The van der Waals surface area contributed by atoms with Gasteiger partial charge in [-0.1, -0.05) is 39.2 Å². The third kappa shape index (κ3) is 8.69. The van der Waals surface area contributed by atoms with Gasteiger partial charge in [0.05, 0.1) is 24.7 Å². The summed E-state index contributed by atoms with van der Waals surface area (Å²) in [6.07, 6.45) is 11.4. The van der Waals surface area contributed by atoms with Crippen LogP contribution in [0.4, 0.5) is 16.2 Å². The summed E-state index contributed by atoms with van der Waals surface area (Å²) >= 11 is 0. The minimum absolute atomic E-state index is 0.309.